The van der Waals surface area contributed by atoms with Crippen LogP contribution in [0.4, 0.5) is 0 Å². The minimum atomic E-state index is -0.0773. The van der Waals surface area contributed by atoms with Crippen LogP contribution in [-0.4, -0.2) is 5.11 Å². The van der Waals surface area contributed by atoms with Crippen molar-refractivity contribution in [2.75, 3.05) is 0 Å². The summed E-state index contributed by atoms with van der Waals surface area (Å²) in [7, 11) is 0. The Labute approximate surface area is 262 Å². The first-order valence-electron chi connectivity index (χ1n) is 16.3. The van der Waals surface area contributed by atoms with Crippen LogP contribution in [0, 0.1) is 17.8 Å². The number of hydrogen-bond donors (Lipinski definition) is 1. The molecule has 0 aromatic heterocycles. The zero-order valence-corrected chi connectivity index (χ0v) is 27.8. The van der Waals surface area contributed by atoms with Gasteiger partial charge in [-0.05, 0) is 130 Å². The van der Waals surface area contributed by atoms with Gasteiger partial charge in [0.2, 0.25) is 0 Å². The lowest BCUT2D eigenvalue weighted by atomic mass is 9.52. The van der Waals surface area contributed by atoms with E-state index < -0.39 is 0 Å². The Balaban J connectivity index is 1.43. The summed E-state index contributed by atoms with van der Waals surface area (Å²) < 4.78 is 0. The zero-order chi connectivity index (χ0) is 30.3. The SMILES string of the molecule is CCCc1cc2c3c(cc(O)c2cc1Sc1cc2c(cc1C)C(C)CC=C2)C1(CC(C)(C)CC(C)(C)C1)c1ccccc1-3. The van der Waals surface area contributed by atoms with Gasteiger partial charge in [-0.3, -0.25) is 0 Å². The third-order valence-corrected chi connectivity index (χ3v) is 11.7. The third-order valence-electron chi connectivity index (χ3n) is 10.5. The Kier molecular flexibility index (Phi) is 6.71. The maximum absolute atomic E-state index is 11.8. The van der Waals surface area contributed by atoms with Crippen molar-refractivity contribution in [1.29, 1.82) is 0 Å². The lowest BCUT2D eigenvalue weighted by molar-refractivity contribution is 0.0645. The van der Waals surface area contributed by atoms with E-state index in [9.17, 15) is 5.11 Å². The normalized spacial score (nSPS) is 20.7. The summed E-state index contributed by atoms with van der Waals surface area (Å²) in [6, 6.07) is 20.8. The van der Waals surface area contributed by atoms with Gasteiger partial charge in [0.25, 0.3) is 0 Å². The first-order valence-corrected chi connectivity index (χ1v) is 17.1. The molecule has 0 bridgehead atoms. The summed E-state index contributed by atoms with van der Waals surface area (Å²) in [4.78, 5) is 2.58. The maximum atomic E-state index is 11.8. The van der Waals surface area contributed by atoms with Crippen LogP contribution in [0.2, 0.25) is 0 Å². The predicted molar refractivity (Wildman–Crippen MR) is 185 cm³/mol. The quantitative estimate of drug-likeness (QED) is 0.257. The van der Waals surface area contributed by atoms with Gasteiger partial charge in [0.15, 0.2) is 0 Å². The lowest BCUT2D eigenvalue weighted by Gasteiger charge is -2.51. The minimum Gasteiger partial charge on any atom is -0.507 e. The Morgan fingerprint density at radius 2 is 1.60 bits per heavy atom. The number of phenols is 1. The van der Waals surface area contributed by atoms with Crippen molar-refractivity contribution in [2.24, 2.45) is 10.8 Å². The molecule has 1 atom stereocenters. The van der Waals surface area contributed by atoms with E-state index in [1.165, 1.54) is 66.1 Å². The van der Waals surface area contributed by atoms with Crippen LogP contribution < -0.4 is 0 Å². The lowest BCUT2D eigenvalue weighted by Crippen LogP contribution is -2.43. The van der Waals surface area contributed by atoms with E-state index in [2.05, 4.69) is 115 Å². The summed E-state index contributed by atoms with van der Waals surface area (Å²) >= 11 is 1.87. The molecule has 1 nitrogen and oxygen atoms in total. The van der Waals surface area contributed by atoms with Crippen LogP contribution >= 0.6 is 11.8 Å². The minimum absolute atomic E-state index is 0.0773. The van der Waals surface area contributed by atoms with E-state index in [1.54, 1.807) is 0 Å². The van der Waals surface area contributed by atoms with Gasteiger partial charge in [0, 0.05) is 20.6 Å². The van der Waals surface area contributed by atoms with Gasteiger partial charge in [-0.1, -0.05) is 102 Å². The van der Waals surface area contributed by atoms with Crippen LogP contribution in [0.5, 0.6) is 5.75 Å². The number of fused-ring (bicyclic) bond motifs is 8. The van der Waals surface area contributed by atoms with Gasteiger partial charge in [-0.2, -0.15) is 0 Å². The molecule has 2 heteroatoms. The van der Waals surface area contributed by atoms with Crippen LogP contribution in [0.3, 0.4) is 0 Å². The van der Waals surface area contributed by atoms with Crippen molar-refractivity contribution in [1.82, 2.24) is 0 Å². The molecule has 1 fully saturated rings. The number of rotatable bonds is 4. The van der Waals surface area contributed by atoms with E-state index >= 15 is 0 Å². The molecule has 1 spiro atoms. The molecule has 4 aromatic carbocycles. The molecule has 1 unspecified atom stereocenters. The largest absolute Gasteiger partial charge is 0.507 e. The number of phenolic OH excluding ortho intramolecular Hbond substituents is 1. The number of aryl methyl sites for hydroxylation is 2. The van der Waals surface area contributed by atoms with Crippen LogP contribution in [0.15, 0.2) is 70.5 Å². The summed E-state index contributed by atoms with van der Waals surface area (Å²) in [6.07, 6.45) is 11.3. The second kappa shape index (κ2) is 10.0. The standard InChI is InChI=1S/C41H46OS/c1-8-12-28-18-32-31(20-37(28)43-36-19-27-14-11-13-25(2)30(27)17-26(36)3)35(42)21-34-38(32)29-15-9-10-16-33(29)41(34)23-39(4,5)22-40(6,7)24-41/h9-11,14-21,25,42H,8,12-13,22-24H2,1-7H3. The summed E-state index contributed by atoms with van der Waals surface area (Å²) in [5.74, 6) is 0.991. The van der Waals surface area contributed by atoms with E-state index in [0.717, 1.165) is 37.5 Å². The molecule has 3 aliphatic rings. The highest BCUT2D eigenvalue weighted by molar-refractivity contribution is 7.99. The molecular formula is C41H46OS. The average molecular weight is 587 g/mol. The van der Waals surface area contributed by atoms with E-state index in [-0.39, 0.29) is 16.2 Å². The molecule has 0 amide bonds. The van der Waals surface area contributed by atoms with Crippen molar-refractivity contribution < 1.29 is 5.11 Å². The number of aromatic hydroxyl groups is 1. The summed E-state index contributed by atoms with van der Waals surface area (Å²) in [5, 5.41) is 14.0. The fraction of sp³-hybridized carbons (Fsp3) is 0.415. The molecule has 4 aromatic rings. The maximum Gasteiger partial charge on any atom is 0.123 e. The van der Waals surface area contributed by atoms with Gasteiger partial charge < -0.3 is 5.11 Å². The van der Waals surface area contributed by atoms with E-state index in [4.69, 9.17) is 0 Å². The molecule has 3 aliphatic carbocycles. The summed E-state index contributed by atoms with van der Waals surface area (Å²) in [6.45, 7) is 16.6. The van der Waals surface area contributed by atoms with E-state index in [1.807, 2.05) is 11.8 Å². The highest BCUT2D eigenvalue weighted by Crippen LogP contribution is 2.65. The Morgan fingerprint density at radius 1 is 0.860 bits per heavy atom. The van der Waals surface area contributed by atoms with Crippen molar-refractivity contribution in [3.05, 3.63) is 94.1 Å². The Bertz CT molecular complexity index is 1790. The summed E-state index contributed by atoms with van der Waals surface area (Å²) in [5.41, 5.74) is 11.4. The van der Waals surface area contributed by atoms with Gasteiger partial charge in [0.1, 0.15) is 5.75 Å². The molecule has 222 valence electrons. The molecule has 0 aliphatic heterocycles. The molecule has 7 rings (SSSR count). The van der Waals surface area contributed by atoms with Crippen LogP contribution in [-0.2, 0) is 11.8 Å². The second-order valence-corrected chi connectivity index (χ2v) is 16.5. The van der Waals surface area contributed by atoms with E-state index in [0.29, 0.717) is 11.7 Å². The monoisotopic (exact) mass is 586 g/mol. The van der Waals surface area contributed by atoms with Crippen molar-refractivity contribution in [2.45, 2.75) is 108 Å². The van der Waals surface area contributed by atoms with Gasteiger partial charge in [-0.25, -0.2) is 0 Å². The number of hydrogen-bond acceptors (Lipinski definition) is 2. The number of allylic oxidation sites excluding steroid dienone is 1. The van der Waals surface area contributed by atoms with Crippen LogP contribution in [0.25, 0.3) is 28.0 Å². The molecule has 0 heterocycles. The van der Waals surface area contributed by atoms with Crippen molar-refractivity contribution >= 4 is 28.6 Å². The average Bonchev–Trinajstić information content (AvgIpc) is 3.17. The predicted octanol–water partition coefficient (Wildman–Crippen LogP) is 12.0. The molecule has 0 saturated heterocycles. The number of benzene rings is 4. The fourth-order valence-electron chi connectivity index (χ4n) is 9.52. The smallest absolute Gasteiger partial charge is 0.123 e. The molecule has 1 N–H and O–H groups in total. The molecule has 0 radical (unpaired) electrons. The van der Waals surface area contributed by atoms with Crippen LogP contribution in [0.1, 0.15) is 113 Å². The third kappa shape index (κ3) is 4.67. The first-order chi connectivity index (χ1) is 20.4. The van der Waals surface area contributed by atoms with Gasteiger partial charge in [0.05, 0.1) is 0 Å². The van der Waals surface area contributed by atoms with Crippen molar-refractivity contribution in [3.8, 4) is 16.9 Å². The van der Waals surface area contributed by atoms with Crippen molar-refractivity contribution in [3.63, 3.8) is 0 Å². The Morgan fingerprint density at radius 3 is 2.35 bits per heavy atom. The zero-order valence-electron chi connectivity index (χ0n) is 27.0. The first kappa shape index (κ1) is 28.8. The fourth-order valence-corrected chi connectivity index (χ4v) is 10.6. The second-order valence-electron chi connectivity index (χ2n) is 15.4. The Hall–Kier alpha value is -2.97. The highest BCUT2D eigenvalue weighted by atomic mass is 32.2. The highest BCUT2D eigenvalue weighted by Gasteiger charge is 2.53. The van der Waals surface area contributed by atoms with Gasteiger partial charge >= 0.3 is 0 Å². The van der Waals surface area contributed by atoms with Gasteiger partial charge in [-0.15, -0.1) is 0 Å². The molecule has 43 heavy (non-hydrogen) atoms. The topological polar surface area (TPSA) is 20.2 Å². The molecule has 1 saturated carbocycles. The molecular weight excluding hydrogens is 541 g/mol.